The molecule has 0 radical (unpaired) electrons. The highest BCUT2D eigenvalue weighted by molar-refractivity contribution is 7.36. The van der Waals surface area contributed by atoms with Crippen LogP contribution in [0.2, 0.25) is 0 Å². The molecule has 0 aliphatic heterocycles. The average Bonchev–Trinajstić information content (AvgIpc) is 2.61. The molecule has 0 N–H and O–H groups in total. The molecule has 3 rings (SSSR count). The van der Waals surface area contributed by atoms with Crippen molar-refractivity contribution in [3.8, 4) is 0 Å². The molecule has 0 bridgehead atoms. The van der Waals surface area contributed by atoms with Crippen molar-refractivity contribution in [2.24, 2.45) is 9.96 Å². The van der Waals surface area contributed by atoms with Gasteiger partial charge in [-0.05, 0) is 12.1 Å². The van der Waals surface area contributed by atoms with Crippen molar-refractivity contribution in [1.82, 2.24) is 0 Å². The minimum absolute atomic E-state index is 0.850. The third-order valence-corrected chi connectivity index (χ3v) is 3.86. The van der Waals surface area contributed by atoms with Crippen LogP contribution in [0, 0.1) is 0 Å². The lowest BCUT2D eigenvalue weighted by molar-refractivity contribution is 1.27. The summed E-state index contributed by atoms with van der Waals surface area (Å²) in [5, 5.41) is 5.62. The fourth-order valence-corrected chi connectivity index (χ4v) is 2.63. The van der Waals surface area contributed by atoms with Crippen molar-refractivity contribution in [3.63, 3.8) is 0 Å². The molecule has 3 aromatic carbocycles. The summed E-state index contributed by atoms with van der Waals surface area (Å²) in [4.78, 5) is 4.35. The molecule has 2 nitrogen and oxygen atoms in total. The fraction of sp³-hybridized carbons (Fsp3) is 0. The lowest BCUT2D eigenvalue weighted by Gasteiger charge is -2.04. The van der Waals surface area contributed by atoms with Crippen LogP contribution in [0.25, 0.3) is 0 Å². The van der Waals surface area contributed by atoms with Crippen LogP contribution < -0.4 is 5.30 Å². The van der Waals surface area contributed by atoms with E-state index >= 15 is 0 Å². The molecule has 106 valence electrons. The Kier molecular flexibility index (Phi) is 4.86. The summed E-state index contributed by atoms with van der Waals surface area (Å²) < 4.78 is 0. The molecule has 0 aliphatic carbocycles. The predicted molar refractivity (Wildman–Crippen MR) is 93.9 cm³/mol. The quantitative estimate of drug-likeness (QED) is 0.372. The van der Waals surface area contributed by atoms with Gasteiger partial charge in [-0.3, -0.25) is 0 Å². The highest BCUT2D eigenvalue weighted by Gasteiger charge is 2.05. The molecule has 0 atom stereocenters. The molecule has 0 aliphatic rings. The Balaban J connectivity index is 1.96. The third-order valence-electron chi connectivity index (χ3n) is 3.16. The molecule has 3 heteroatoms. The van der Waals surface area contributed by atoms with E-state index in [1.807, 2.05) is 66.7 Å². The zero-order valence-electron chi connectivity index (χ0n) is 12.0. The summed E-state index contributed by atoms with van der Waals surface area (Å²) in [6, 6.07) is 30.4. The Bertz CT molecular complexity index is 725. The highest BCUT2D eigenvalue weighted by atomic mass is 31.1. The molecular weight excluding hydrogens is 287 g/mol. The van der Waals surface area contributed by atoms with Crippen LogP contribution in [0.4, 0.5) is 0 Å². The van der Waals surface area contributed by atoms with Crippen molar-refractivity contribution < 1.29 is 0 Å². The molecule has 0 fully saturated rings. The Morgan fingerprint density at radius 2 is 1.05 bits per heavy atom. The van der Waals surface area contributed by atoms with Gasteiger partial charge in [0, 0.05) is 16.4 Å². The van der Waals surface area contributed by atoms with Crippen molar-refractivity contribution in [1.29, 1.82) is 0 Å². The monoisotopic (exact) mass is 302 g/mol. The lowest BCUT2D eigenvalue weighted by atomic mass is 10.0. The van der Waals surface area contributed by atoms with Crippen LogP contribution in [0.1, 0.15) is 11.1 Å². The van der Waals surface area contributed by atoms with E-state index in [1.54, 1.807) is 0 Å². The lowest BCUT2D eigenvalue weighted by Crippen LogP contribution is -2.02. The van der Waals surface area contributed by atoms with E-state index in [0.29, 0.717) is 0 Å². The molecule has 0 heterocycles. The molecule has 0 saturated heterocycles. The van der Waals surface area contributed by atoms with E-state index in [2.05, 4.69) is 34.2 Å². The second-order valence-corrected chi connectivity index (χ2v) is 5.60. The van der Waals surface area contributed by atoms with Gasteiger partial charge in [0.25, 0.3) is 0 Å². The van der Waals surface area contributed by atoms with Gasteiger partial charge < -0.3 is 0 Å². The van der Waals surface area contributed by atoms with Crippen molar-refractivity contribution >= 4 is 19.4 Å². The van der Waals surface area contributed by atoms with Crippen LogP contribution in [0.5, 0.6) is 0 Å². The molecule has 3 aromatic rings. The normalized spacial score (nSPS) is 10.5. The number of benzene rings is 3. The van der Waals surface area contributed by atoms with Gasteiger partial charge >= 0.3 is 0 Å². The van der Waals surface area contributed by atoms with Crippen molar-refractivity contribution in [2.75, 3.05) is 0 Å². The summed E-state index contributed by atoms with van der Waals surface area (Å²) in [7, 11) is 0.850. The Morgan fingerprint density at radius 1 is 0.591 bits per heavy atom. The number of hydrogen-bond acceptors (Lipinski definition) is 1. The van der Waals surface area contributed by atoms with E-state index < -0.39 is 0 Å². The summed E-state index contributed by atoms with van der Waals surface area (Å²) in [6.45, 7) is 0. The second-order valence-electron chi connectivity index (χ2n) is 4.71. The first-order valence-corrected chi connectivity index (χ1v) is 7.93. The SMILES string of the molecule is c1ccc(P=NN=C(c2ccccc2)c2ccccc2)cc1. The maximum atomic E-state index is 4.49. The van der Waals surface area contributed by atoms with Crippen LogP contribution in [0.3, 0.4) is 0 Å². The minimum atomic E-state index is 0.850. The second kappa shape index (κ2) is 7.44. The van der Waals surface area contributed by atoms with Crippen LogP contribution in [-0.2, 0) is 0 Å². The maximum absolute atomic E-state index is 4.49. The van der Waals surface area contributed by atoms with Gasteiger partial charge in [-0.1, -0.05) is 78.9 Å². The molecule has 0 aromatic heterocycles. The molecular formula is C19H15N2P. The van der Waals surface area contributed by atoms with E-state index in [9.17, 15) is 0 Å². The van der Waals surface area contributed by atoms with Crippen molar-refractivity contribution in [3.05, 3.63) is 102 Å². The van der Waals surface area contributed by atoms with E-state index in [4.69, 9.17) is 0 Å². The van der Waals surface area contributed by atoms with Crippen molar-refractivity contribution in [2.45, 2.75) is 0 Å². The maximum Gasteiger partial charge on any atom is 0.100 e. The topological polar surface area (TPSA) is 24.7 Å². The summed E-state index contributed by atoms with van der Waals surface area (Å²) >= 11 is 0. The Hall–Kier alpha value is -2.57. The molecule has 0 saturated carbocycles. The zero-order valence-corrected chi connectivity index (χ0v) is 12.9. The minimum Gasteiger partial charge on any atom is -0.146 e. The first-order valence-electron chi connectivity index (χ1n) is 7.08. The smallest absolute Gasteiger partial charge is 0.100 e. The first-order chi connectivity index (χ1) is 10.9. The summed E-state index contributed by atoms with van der Waals surface area (Å²) in [6.07, 6.45) is 0. The molecule has 0 spiro atoms. The van der Waals surface area contributed by atoms with E-state index in [-0.39, 0.29) is 0 Å². The standard InChI is InChI=1S/C19H15N2P/c1-4-10-16(11-5-1)19(17-12-6-2-7-13-17)20-21-22-18-14-8-3-9-15-18/h1-15H. The van der Waals surface area contributed by atoms with Gasteiger partial charge in [0.2, 0.25) is 0 Å². The van der Waals surface area contributed by atoms with Gasteiger partial charge in [-0.2, -0.15) is 0 Å². The molecule has 0 unspecified atom stereocenters. The Morgan fingerprint density at radius 3 is 1.55 bits per heavy atom. The average molecular weight is 302 g/mol. The first kappa shape index (κ1) is 14.4. The van der Waals surface area contributed by atoms with Gasteiger partial charge in [0.05, 0.1) is 8.37 Å². The summed E-state index contributed by atoms with van der Waals surface area (Å²) in [5.41, 5.74) is 3.03. The number of nitrogens with zero attached hydrogens (tertiary/aromatic N) is 2. The number of hydrogen-bond donors (Lipinski definition) is 0. The zero-order chi connectivity index (χ0) is 15.0. The van der Waals surface area contributed by atoms with Crippen LogP contribution in [0.15, 0.2) is 101 Å². The largest absolute Gasteiger partial charge is 0.146 e. The third kappa shape index (κ3) is 3.75. The molecule has 0 amide bonds. The predicted octanol–water partition coefficient (Wildman–Crippen LogP) is 4.89. The fourth-order valence-electron chi connectivity index (χ4n) is 2.09. The molecule has 22 heavy (non-hydrogen) atoms. The van der Waals surface area contributed by atoms with Crippen LogP contribution in [-0.4, -0.2) is 5.71 Å². The van der Waals surface area contributed by atoms with Gasteiger partial charge in [-0.25, -0.2) is 0 Å². The van der Waals surface area contributed by atoms with Crippen LogP contribution >= 0.6 is 8.37 Å². The van der Waals surface area contributed by atoms with Gasteiger partial charge in [0.1, 0.15) is 5.71 Å². The number of rotatable bonds is 4. The van der Waals surface area contributed by atoms with E-state index in [0.717, 1.165) is 30.5 Å². The van der Waals surface area contributed by atoms with Gasteiger partial charge in [-0.15, -0.1) is 9.96 Å². The highest BCUT2D eigenvalue weighted by Crippen LogP contribution is 2.12. The van der Waals surface area contributed by atoms with E-state index in [1.165, 1.54) is 0 Å². The Labute approximate surface area is 132 Å². The van der Waals surface area contributed by atoms with Gasteiger partial charge in [0.15, 0.2) is 0 Å². The summed E-state index contributed by atoms with van der Waals surface area (Å²) in [5.74, 6) is 0.